The smallest absolute Gasteiger partial charge is 0.243 e. The minimum absolute atomic E-state index is 0.131. The first kappa shape index (κ1) is 20.8. The van der Waals surface area contributed by atoms with E-state index in [9.17, 15) is 9.59 Å². The standard InChI is InChI=1S/C25H28N4O2/c1-18(30)27-24(20-12-8-9-13-20)25(31)26-16-21-17-29(22-14-6-3-7-15-22)28-23(21)19-10-4-2-5-11-19/h2-7,10-11,14-15,17,20,24H,8-9,12-13,16H2,1H3,(H,26,31)(H,27,30). The minimum Gasteiger partial charge on any atom is -0.350 e. The number of carbonyl (C=O) groups excluding carboxylic acids is 2. The molecule has 1 saturated carbocycles. The number of nitrogens with one attached hydrogen (secondary N) is 2. The van der Waals surface area contributed by atoms with Crippen molar-refractivity contribution >= 4 is 11.8 Å². The number of rotatable bonds is 7. The van der Waals surface area contributed by atoms with Gasteiger partial charge in [-0.05, 0) is 30.9 Å². The van der Waals surface area contributed by atoms with E-state index in [1.54, 1.807) is 0 Å². The van der Waals surface area contributed by atoms with Gasteiger partial charge >= 0.3 is 0 Å². The molecule has 3 aromatic rings. The van der Waals surface area contributed by atoms with E-state index >= 15 is 0 Å². The quantitative estimate of drug-likeness (QED) is 0.614. The van der Waals surface area contributed by atoms with Crippen LogP contribution < -0.4 is 10.6 Å². The maximum Gasteiger partial charge on any atom is 0.243 e. The molecule has 1 unspecified atom stereocenters. The van der Waals surface area contributed by atoms with Crippen LogP contribution in [0.3, 0.4) is 0 Å². The monoisotopic (exact) mass is 416 g/mol. The van der Waals surface area contributed by atoms with Crippen molar-refractivity contribution in [1.82, 2.24) is 20.4 Å². The van der Waals surface area contributed by atoms with E-state index in [1.165, 1.54) is 6.92 Å². The highest BCUT2D eigenvalue weighted by atomic mass is 16.2. The number of para-hydroxylation sites is 1. The number of hydrogen-bond acceptors (Lipinski definition) is 3. The van der Waals surface area contributed by atoms with Gasteiger partial charge in [-0.3, -0.25) is 9.59 Å². The Morgan fingerprint density at radius 2 is 1.68 bits per heavy atom. The molecule has 0 radical (unpaired) electrons. The number of benzene rings is 2. The lowest BCUT2D eigenvalue weighted by molar-refractivity contribution is -0.129. The van der Waals surface area contributed by atoms with Gasteiger partial charge < -0.3 is 10.6 Å². The van der Waals surface area contributed by atoms with E-state index < -0.39 is 6.04 Å². The molecule has 2 N–H and O–H groups in total. The summed E-state index contributed by atoms with van der Waals surface area (Å²) in [6.45, 7) is 1.81. The van der Waals surface area contributed by atoms with Gasteiger partial charge in [0.05, 0.1) is 11.4 Å². The Kier molecular flexibility index (Phi) is 6.46. The molecule has 0 saturated heterocycles. The summed E-state index contributed by atoms with van der Waals surface area (Å²) in [6, 6.07) is 19.4. The van der Waals surface area contributed by atoms with Gasteiger partial charge in [0.1, 0.15) is 6.04 Å². The van der Waals surface area contributed by atoms with Gasteiger partial charge in [-0.1, -0.05) is 61.4 Å². The summed E-state index contributed by atoms with van der Waals surface area (Å²) >= 11 is 0. The third kappa shape index (κ3) is 5.02. The molecular formula is C25H28N4O2. The fourth-order valence-electron chi connectivity index (χ4n) is 4.29. The number of carbonyl (C=O) groups is 2. The molecule has 1 aromatic heterocycles. The van der Waals surface area contributed by atoms with Gasteiger partial charge in [0, 0.05) is 30.8 Å². The summed E-state index contributed by atoms with van der Waals surface area (Å²) in [7, 11) is 0. The van der Waals surface area contributed by atoms with Crippen molar-refractivity contribution in [2.45, 2.75) is 45.2 Å². The maximum atomic E-state index is 13.0. The second kappa shape index (κ2) is 9.60. The topological polar surface area (TPSA) is 76.0 Å². The molecule has 31 heavy (non-hydrogen) atoms. The average Bonchev–Trinajstić information content (AvgIpc) is 3.47. The molecule has 1 heterocycles. The van der Waals surface area contributed by atoms with Crippen molar-refractivity contribution < 1.29 is 9.59 Å². The third-order valence-corrected chi connectivity index (χ3v) is 5.82. The van der Waals surface area contributed by atoms with Crippen LogP contribution in [0.1, 0.15) is 38.2 Å². The van der Waals surface area contributed by atoms with Crippen LogP contribution in [0.15, 0.2) is 66.9 Å². The summed E-state index contributed by atoms with van der Waals surface area (Å²) in [6.07, 6.45) is 6.12. The fourth-order valence-corrected chi connectivity index (χ4v) is 4.29. The SMILES string of the molecule is CC(=O)NC(C(=O)NCc1cn(-c2ccccc2)nc1-c1ccccc1)C1CCCC1. The maximum absolute atomic E-state index is 13.0. The van der Waals surface area contributed by atoms with E-state index in [0.29, 0.717) is 6.54 Å². The lowest BCUT2D eigenvalue weighted by Gasteiger charge is -2.23. The Morgan fingerprint density at radius 1 is 1.03 bits per heavy atom. The minimum atomic E-state index is -0.482. The molecule has 4 rings (SSSR count). The summed E-state index contributed by atoms with van der Waals surface area (Å²) in [4.78, 5) is 24.7. The Bertz CT molecular complexity index is 1020. The van der Waals surface area contributed by atoms with E-state index in [0.717, 1.165) is 48.2 Å². The van der Waals surface area contributed by atoms with Crippen LogP contribution in [-0.2, 0) is 16.1 Å². The van der Waals surface area contributed by atoms with Crippen molar-refractivity contribution in [1.29, 1.82) is 0 Å². The number of nitrogens with zero attached hydrogens (tertiary/aromatic N) is 2. The highest BCUT2D eigenvalue weighted by Crippen LogP contribution is 2.28. The second-order valence-corrected chi connectivity index (χ2v) is 8.09. The molecule has 1 aliphatic carbocycles. The molecule has 1 fully saturated rings. The summed E-state index contributed by atoms with van der Waals surface area (Å²) in [5, 5.41) is 10.7. The zero-order valence-electron chi connectivity index (χ0n) is 17.8. The predicted octanol–water partition coefficient (Wildman–Crippen LogP) is 3.85. The summed E-state index contributed by atoms with van der Waals surface area (Å²) in [5.74, 6) is -0.105. The molecule has 2 aromatic carbocycles. The van der Waals surface area contributed by atoms with Crippen LogP contribution in [0, 0.1) is 5.92 Å². The molecule has 6 nitrogen and oxygen atoms in total. The molecule has 160 valence electrons. The molecule has 1 aliphatic rings. The second-order valence-electron chi connectivity index (χ2n) is 8.09. The van der Waals surface area contributed by atoms with Crippen LogP contribution >= 0.6 is 0 Å². The van der Waals surface area contributed by atoms with Crippen LogP contribution in [0.2, 0.25) is 0 Å². The molecule has 2 amide bonds. The Hall–Kier alpha value is -3.41. The summed E-state index contributed by atoms with van der Waals surface area (Å²) in [5.41, 5.74) is 3.72. The molecule has 1 atom stereocenters. The lowest BCUT2D eigenvalue weighted by atomic mass is 9.97. The first-order chi connectivity index (χ1) is 15.1. The largest absolute Gasteiger partial charge is 0.350 e. The Balaban J connectivity index is 1.57. The highest BCUT2D eigenvalue weighted by Gasteiger charge is 2.31. The van der Waals surface area contributed by atoms with Gasteiger partial charge in [0.2, 0.25) is 11.8 Å². The fraction of sp³-hybridized carbons (Fsp3) is 0.320. The van der Waals surface area contributed by atoms with Crippen molar-refractivity contribution in [2.24, 2.45) is 5.92 Å². The van der Waals surface area contributed by atoms with Crippen LogP contribution in [-0.4, -0.2) is 27.6 Å². The van der Waals surface area contributed by atoms with Crippen LogP contribution in [0.25, 0.3) is 16.9 Å². The van der Waals surface area contributed by atoms with Crippen molar-refractivity contribution in [3.8, 4) is 16.9 Å². The van der Waals surface area contributed by atoms with E-state index in [-0.39, 0.29) is 17.7 Å². The normalized spacial score (nSPS) is 14.9. The first-order valence-electron chi connectivity index (χ1n) is 10.9. The zero-order valence-corrected chi connectivity index (χ0v) is 17.8. The van der Waals surface area contributed by atoms with Crippen LogP contribution in [0.4, 0.5) is 0 Å². The van der Waals surface area contributed by atoms with Crippen molar-refractivity contribution in [2.75, 3.05) is 0 Å². The lowest BCUT2D eigenvalue weighted by Crippen LogP contribution is -2.49. The van der Waals surface area contributed by atoms with Crippen molar-refractivity contribution in [3.63, 3.8) is 0 Å². The van der Waals surface area contributed by atoms with Gasteiger partial charge in [-0.2, -0.15) is 5.10 Å². The van der Waals surface area contributed by atoms with E-state index in [2.05, 4.69) is 10.6 Å². The molecule has 0 bridgehead atoms. The first-order valence-corrected chi connectivity index (χ1v) is 10.9. The highest BCUT2D eigenvalue weighted by molar-refractivity contribution is 5.87. The van der Waals surface area contributed by atoms with Crippen LogP contribution in [0.5, 0.6) is 0 Å². The molecular weight excluding hydrogens is 388 g/mol. The number of hydrogen-bond donors (Lipinski definition) is 2. The number of aromatic nitrogens is 2. The van der Waals surface area contributed by atoms with Gasteiger partial charge in [0.25, 0.3) is 0 Å². The third-order valence-electron chi connectivity index (χ3n) is 5.82. The molecule has 6 heteroatoms. The zero-order chi connectivity index (χ0) is 21.6. The van der Waals surface area contributed by atoms with E-state index in [1.807, 2.05) is 71.5 Å². The average molecular weight is 417 g/mol. The van der Waals surface area contributed by atoms with Crippen molar-refractivity contribution in [3.05, 3.63) is 72.4 Å². The molecule has 0 spiro atoms. The number of amides is 2. The van der Waals surface area contributed by atoms with Gasteiger partial charge in [-0.25, -0.2) is 4.68 Å². The Labute approximate surface area is 182 Å². The van der Waals surface area contributed by atoms with Gasteiger partial charge in [-0.15, -0.1) is 0 Å². The Morgan fingerprint density at radius 3 is 2.32 bits per heavy atom. The van der Waals surface area contributed by atoms with E-state index in [4.69, 9.17) is 5.10 Å². The molecule has 0 aliphatic heterocycles. The predicted molar refractivity (Wildman–Crippen MR) is 120 cm³/mol. The summed E-state index contributed by atoms with van der Waals surface area (Å²) < 4.78 is 1.84. The van der Waals surface area contributed by atoms with Gasteiger partial charge in [0.15, 0.2) is 0 Å².